The summed E-state index contributed by atoms with van der Waals surface area (Å²) in [6.45, 7) is 18.1. The van der Waals surface area contributed by atoms with Crippen LogP contribution in [-0.2, 0) is 29.9 Å². The second-order valence-corrected chi connectivity index (χ2v) is 17.8. The molecule has 0 spiro atoms. The van der Waals surface area contributed by atoms with Crippen LogP contribution in [0.25, 0.3) is 22.3 Å². The van der Waals surface area contributed by atoms with Crippen molar-refractivity contribution < 1.29 is 19.1 Å². The van der Waals surface area contributed by atoms with E-state index in [1.54, 1.807) is 13.8 Å². The van der Waals surface area contributed by atoms with Crippen molar-refractivity contribution in [1.82, 2.24) is 0 Å². The van der Waals surface area contributed by atoms with Gasteiger partial charge in [-0.25, -0.2) is 9.59 Å². The summed E-state index contributed by atoms with van der Waals surface area (Å²) in [7, 11) is 0. The molecule has 0 bridgehead atoms. The van der Waals surface area contributed by atoms with Crippen LogP contribution in [0.3, 0.4) is 0 Å². The van der Waals surface area contributed by atoms with Gasteiger partial charge in [-0.1, -0.05) is 157 Å². The van der Waals surface area contributed by atoms with Gasteiger partial charge < -0.3 is 14.4 Å². The van der Waals surface area contributed by atoms with Gasteiger partial charge in [0, 0.05) is 39.0 Å². The lowest BCUT2D eigenvalue weighted by Gasteiger charge is -2.35. The molecule has 7 rings (SSSR count). The first kappa shape index (κ1) is 44.4. The zero-order valence-electron chi connectivity index (χ0n) is 37.8. The van der Waals surface area contributed by atoms with Gasteiger partial charge in [-0.05, 0) is 127 Å². The Morgan fingerprint density at radius 1 is 0.500 bits per heavy atom. The van der Waals surface area contributed by atoms with E-state index in [4.69, 9.17) is 9.47 Å². The number of unbranched alkanes of at least 4 members (excludes halogenated alkanes) is 6. The van der Waals surface area contributed by atoms with Gasteiger partial charge >= 0.3 is 11.9 Å². The van der Waals surface area contributed by atoms with Crippen LogP contribution in [0.4, 0.5) is 17.1 Å². The Labute approximate surface area is 370 Å². The fourth-order valence-corrected chi connectivity index (χ4v) is 10.2. The van der Waals surface area contributed by atoms with Gasteiger partial charge in [-0.15, -0.1) is 0 Å². The van der Waals surface area contributed by atoms with E-state index < -0.39 is 17.4 Å². The summed E-state index contributed by atoms with van der Waals surface area (Å²) in [5.41, 5.74) is 14.7. The maximum Gasteiger partial charge on any atom is 0.333 e. The third-order valence-corrected chi connectivity index (χ3v) is 13.4. The van der Waals surface area contributed by atoms with Crippen LogP contribution in [0.15, 0.2) is 133 Å². The molecule has 2 aliphatic rings. The molecule has 0 atom stereocenters. The number of carbonyl (C=O) groups is 2. The number of hydrogen-bond donors (Lipinski definition) is 0. The molecule has 0 saturated heterocycles. The Kier molecular flexibility index (Phi) is 14.0. The number of carbonyl (C=O) groups excluding carboxylic acids is 2. The van der Waals surface area contributed by atoms with Gasteiger partial charge in [0.1, 0.15) is 0 Å². The van der Waals surface area contributed by atoms with Crippen LogP contribution in [0.5, 0.6) is 0 Å². The van der Waals surface area contributed by atoms with E-state index in [-0.39, 0.29) is 18.6 Å². The molecule has 0 heterocycles. The molecule has 5 aromatic carbocycles. The summed E-state index contributed by atoms with van der Waals surface area (Å²) in [5.74, 6) is -0.824. The van der Waals surface area contributed by atoms with Crippen LogP contribution in [0.1, 0.15) is 133 Å². The Hall–Kier alpha value is -5.68. The summed E-state index contributed by atoms with van der Waals surface area (Å²) in [5, 5.41) is 0. The van der Waals surface area contributed by atoms with E-state index in [0.717, 1.165) is 52.2 Å². The van der Waals surface area contributed by atoms with E-state index in [1.807, 2.05) is 0 Å². The highest BCUT2D eigenvalue weighted by atomic mass is 16.5. The number of hydrogen-bond acceptors (Lipinski definition) is 5. The lowest BCUT2D eigenvalue weighted by atomic mass is 9.70. The van der Waals surface area contributed by atoms with Crippen LogP contribution >= 0.6 is 0 Å². The molecule has 0 aliphatic heterocycles. The smallest absolute Gasteiger partial charge is 0.333 e. The van der Waals surface area contributed by atoms with Crippen molar-refractivity contribution in [3.05, 3.63) is 161 Å². The first-order chi connectivity index (χ1) is 30.0. The SMILES string of the molecule is C=C(C)C(=O)OCCC1(CCOC(=O)C(=C)C)c2ccccc2-c2ccc(N(c3ccc(C)cc3)c3ccc4c(c3)C(CCCCCC)(CCCCCC)c3ccccc3-4)cc21. The Morgan fingerprint density at radius 3 is 1.34 bits per heavy atom. The molecule has 5 heteroatoms. The lowest BCUT2D eigenvalue weighted by molar-refractivity contribution is -0.139. The molecule has 62 heavy (non-hydrogen) atoms. The normalized spacial score (nSPS) is 13.7. The molecule has 0 fully saturated rings. The molecule has 5 aromatic rings. The summed E-state index contributed by atoms with van der Waals surface area (Å²) >= 11 is 0. The maximum atomic E-state index is 12.7. The summed E-state index contributed by atoms with van der Waals surface area (Å²) in [4.78, 5) is 27.9. The third-order valence-electron chi connectivity index (χ3n) is 13.4. The number of ether oxygens (including phenoxy) is 2. The van der Waals surface area contributed by atoms with Gasteiger partial charge in [0.25, 0.3) is 0 Å². The molecule has 5 nitrogen and oxygen atoms in total. The second-order valence-electron chi connectivity index (χ2n) is 17.8. The molecule has 2 aliphatic carbocycles. The number of nitrogens with zero attached hydrogens (tertiary/aromatic N) is 1. The molecule has 322 valence electrons. The molecule has 0 amide bonds. The highest BCUT2D eigenvalue weighted by molar-refractivity contribution is 5.90. The minimum Gasteiger partial charge on any atom is -0.462 e. The van der Waals surface area contributed by atoms with E-state index in [2.05, 4.69) is 148 Å². The van der Waals surface area contributed by atoms with Crippen molar-refractivity contribution in [2.75, 3.05) is 18.1 Å². The Bertz CT molecular complexity index is 2380. The Balaban J connectivity index is 1.39. The van der Waals surface area contributed by atoms with Gasteiger partial charge in [0.05, 0.1) is 13.2 Å². The van der Waals surface area contributed by atoms with Crippen LogP contribution < -0.4 is 4.90 Å². The predicted molar refractivity (Wildman–Crippen MR) is 257 cm³/mol. The minimum atomic E-state index is -0.614. The Morgan fingerprint density at radius 2 is 0.903 bits per heavy atom. The highest BCUT2D eigenvalue weighted by Crippen LogP contribution is 2.57. The summed E-state index contributed by atoms with van der Waals surface area (Å²) in [6, 6.07) is 40.5. The maximum absolute atomic E-state index is 12.7. The van der Waals surface area contributed by atoms with Gasteiger partial charge in [0.2, 0.25) is 0 Å². The first-order valence-electron chi connectivity index (χ1n) is 23.1. The molecular formula is C57H65NO4. The van der Waals surface area contributed by atoms with Crippen LogP contribution in [0, 0.1) is 6.92 Å². The van der Waals surface area contributed by atoms with Crippen molar-refractivity contribution in [2.24, 2.45) is 0 Å². The zero-order valence-corrected chi connectivity index (χ0v) is 37.8. The molecule has 0 aromatic heterocycles. The third kappa shape index (κ3) is 8.82. The van der Waals surface area contributed by atoms with Gasteiger partial charge in [-0.2, -0.15) is 0 Å². The van der Waals surface area contributed by atoms with E-state index in [1.165, 1.54) is 79.2 Å². The number of anilines is 3. The van der Waals surface area contributed by atoms with Crippen molar-refractivity contribution in [3.63, 3.8) is 0 Å². The highest BCUT2D eigenvalue weighted by Gasteiger charge is 2.45. The second kappa shape index (κ2) is 19.6. The molecule has 0 unspecified atom stereocenters. The van der Waals surface area contributed by atoms with Gasteiger partial charge in [0.15, 0.2) is 0 Å². The lowest BCUT2D eigenvalue weighted by Crippen LogP contribution is -2.30. The fourth-order valence-electron chi connectivity index (χ4n) is 10.2. The monoisotopic (exact) mass is 827 g/mol. The zero-order chi connectivity index (χ0) is 43.9. The van der Waals surface area contributed by atoms with Crippen LogP contribution in [-0.4, -0.2) is 25.2 Å². The number of esters is 2. The average molecular weight is 828 g/mol. The first-order valence-corrected chi connectivity index (χ1v) is 23.1. The summed E-state index contributed by atoms with van der Waals surface area (Å²) in [6.07, 6.45) is 13.2. The summed E-state index contributed by atoms with van der Waals surface area (Å²) < 4.78 is 11.6. The van der Waals surface area contributed by atoms with Crippen molar-refractivity contribution >= 4 is 29.0 Å². The van der Waals surface area contributed by atoms with E-state index in [0.29, 0.717) is 24.0 Å². The average Bonchev–Trinajstić information content (AvgIpc) is 3.70. The molecule has 0 N–H and O–H groups in total. The molecule has 0 radical (unpaired) electrons. The largest absolute Gasteiger partial charge is 0.462 e. The predicted octanol–water partition coefficient (Wildman–Crippen LogP) is 15.0. The minimum absolute atomic E-state index is 0.0560. The molecular weight excluding hydrogens is 763 g/mol. The van der Waals surface area contributed by atoms with Crippen LogP contribution in [0.2, 0.25) is 0 Å². The number of fused-ring (bicyclic) bond motifs is 6. The fraction of sp³-hybridized carbons (Fsp3) is 0.368. The topological polar surface area (TPSA) is 55.8 Å². The number of aryl methyl sites for hydroxylation is 1. The van der Waals surface area contributed by atoms with E-state index in [9.17, 15) is 9.59 Å². The van der Waals surface area contributed by atoms with Crippen molar-refractivity contribution in [3.8, 4) is 22.3 Å². The molecule has 0 saturated carbocycles. The van der Waals surface area contributed by atoms with Gasteiger partial charge in [-0.3, -0.25) is 0 Å². The van der Waals surface area contributed by atoms with Crippen molar-refractivity contribution in [1.29, 1.82) is 0 Å². The number of benzene rings is 5. The number of rotatable bonds is 21. The quantitative estimate of drug-likeness (QED) is 0.0419. The van der Waals surface area contributed by atoms with Crippen molar-refractivity contribution in [2.45, 2.75) is 122 Å². The van der Waals surface area contributed by atoms with E-state index >= 15 is 0 Å². The standard InChI is InChI=1S/C57H65NO4/c1-8-10-12-18-32-56(33-19-13-11-9-2)50-22-16-14-20-46(50)48-30-28-44(38-52(48)56)58(43-26-24-42(7)25-27-43)45-29-31-49-47-21-15-17-23-51(47)57(53(49)39-45,34-36-61-54(59)40(3)4)35-37-62-55(60)41(5)6/h14-17,20-31,38-39H,3,5,8-13,18-19,32-37H2,1-2,4,6-7H3.